The van der Waals surface area contributed by atoms with Crippen LogP contribution in [0.4, 0.5) is 0 Å². The molecule has 140 valence electrons. The third-order valence-corrected chi connectivity index (χ3v) is 7.47. The van der Waals surface area contributed by atoms with E-state index >= 15 is 0 Å². The molecule has 1 aromatic rings. The van der Waals surface area contributed by atoms with Crippen LogP contribution in [0.2, 0.25) is 0 Å². The van der Waals surface area contributed by atoms with Gasteiger partial charge in [0.05, 0.1) is 24.3 Å². The Morgan fingerprint density at radius 1 is 1.28 bits per heavy atom. The number of carbonyl (C=O) groups excluding carboxylic acids is 1. The van der Waals surface area contributed by atoms with Gasteiger partial charge in [-0.15, -0.1) is 0 Å². The third kappa shape index (κ3) is 5.66. The standard InChI is InChI=1S/C17H27N2O5P/c1-5-17(2,25(3,4)24)18-12-19(23)16(22)14(11-15(20)21)13-9-7-6-8-10-13/h6-10,14,18,23H,5,11-12H2,1-4H3,(H,20,21)/t14?,17-/m0/s1. The highest BCUT2D eigenvalue weighted by Gasteiger charge is 2.36. The first-order chi connectivity index (χ1) is 11.5. The van der Waals surface area contributed by atoms with Crippen LogP contribution in [-0.4, -0.2) is 52.5 Å². The van der Waals surface area contributed by atoms with E-state index in [0.29, 0.717) is 17.0 Å². The summed E-state index contributed by atoms with van der Waals surface area (Å²) in [7, 11) is -2.53. The zero-order valence-electron chi connectivity index (χ0n) is 15.1. The van der Waals surface area contributed by atoms with Crippen molar-refractivity contribution < 1.29 is 24.5 Å². The van der Waals surface area contributed by atoms with Crippen LogP contribution in [0.5, 0.6) is 0 Å². The molecule has 1 amide bonds. The van der Waals surface area contributed by atoms with Crippen LogP contribution in [0.15, 0.2) is 30.3 Å². The molecule has 0 aromatic heterocycles. The minimum absolute atomic E-state index is 0.238. The number of rotatable bonds is 9. The predicted octanol–water partition coefficient (Wildman–Crippen LogP) is 2.76. The average molecular weight is 370 g/mol. The van der Waals surface area contributed by atoms with E-state index in [0.717, 1.165) is 0 Å². The number of hydrogen-bond donors (Lipinski definition) is 3. The van der Waals surface area contributed by atoms with Crippen LogP contribution in [0.1, 0.15) is 38.2 Å². The lowest BCUT2D eigenvalue weighted by Gasteiger charge is -2.35. The first-order valence-corrected chi connectivity index (χ1v) is 10.7. The molecule has 0 radical (unpaired) electrons. The summed E-state index contributed by atoms with van der Waals surface area (Å²) in [5, 5.41) is 21.9. The molecule has 1 aromatic carbocycles. The Bertz CT molecular complexity index is 646. The highest BCUT2D eigenvalue weighted by atomic mass is 31.2. The number of nitrogens with zero attached hydrogens (tertiary/aromatic N) is 1. The molecule has 25 heavy (non-hydrogen) atoms. The fraction of sp³-hybridized carbons (Fsp3) is 0.529. The van der Waals surface area contributed by atoms with Gasteiger partial charge in [0.25, 0.3) is 5.91 Å². The third-order valence-electron chi connectivity index (χ3n) is 4.62. The van der Waals surface area contributed by atoms with Crippen molar-refractivity contribution in [1.82, 2.24) is 10.4 Å². The maximum atomic E-state index is 12.5. The van der Waals surface area contributed by atoms with Crippen molar-refractivity contribution in [3.8, 4) is 0 Å². The number of hydroxylamine groups is 2. The van der Waals surface area contributed by atoms with Crippen LogP contribution in [0.25, 0.3) is 0 Å². The van der Waals surface area contributed by atoms with Crippen molar-refractivity contribution in [2.24, 2.45) is 0 Å². The number of carbonyl (C=O) groups is 2. The number of aliphatic carboxylic acids is 1. The van der Waals surface area contributed by atoms with Gasteiger partial charge in [-0.1, -0.05) is 37.3 Å². The molecule has 7 nitrogen and oxygen atoms in total. The number of amides is 1. The predicted molar refractivity (Wildman–Crippen MR) is 96.2 cm³/mol. The fourth-order valence-electron chi connectivity index (χ4n) is 2.41. The number of carboxylic acids is 1. The molecule has 0 aliphatic carbocycles. The summed E-state index contributed by atoms with van der Waals surface area (Å²) in [5.74, 6) is -2.84. The highest BCUT2D eigenvalue weighted by Crippen LogP contribution is 2.51. The van der Waals surface area contributed by atoms with Crippen LogP contribution >= 0.6 is 7.14 Å². The van der Waals surface area contributed by atoms with Gasteiger partial charge in [0.15, 0.2) is 0 Å². The Labute approximate surface area is 148 Å². The Morgan fingerprint density at radius 2 is 1.84 bits per heavy atom. The topological polar surface area (TPSA) is 107 Å². The monoisotopic (exact) mass is 370 g/mol. The molecule has 0 heterocycles. The highest BCUT2D eigenvalue weighted by molar-refractivity contribution is 7.63. The lowest BCUT2D eigenvalue weighted by molar-refractivity contribution is -0.170. The van der Waals surface area contributed by atoms with E-state index < -0.39 is 36.6 Å². The first kappa shape index (κ1) is 21.4. The number of carboxylic acid groups (broad SMARTS) is 1. The Kier molecular flexibility index (Phi) is 7.35. The summed E-state index contributed by atoms with van der Waals surface area (Å²) in [6.07, 6.45) is 0.127. The summed E-state index contributed by atoms with van der Waals surface area (Å²) in [4.78, 5) is 23.6. The summed E-state index contributed by atoms with van der Waals surface area (Å²) < 4.78 is 12.4. The van der Waals surface area contributed by atoms with Gasteiger partial charge in [-0.25, -0.2) is 5.06 Å². The van der Waals surface area contributed by atoms with Gasteiger partial charge < -0.3 is 9.67 Å². The molecule has 1 unspecified atom stereocenters. The molecule has 8 heteroatoms. The summed E-state index contributed by atoms with van der Waals surface area (Å²) in [6.45, 7) is 6.69. The molecule has 1 rings (SSSR count). The van der Waals surface area contributed by atoms with E-state index in [-0.39, 0.29) is 6.67 Å². The fourth-order valence-corrected chi connectivity index (χ4v) is 3.62. The van der Waals surface area contributed by atoms with Crippen LogP contribution in [0, 0.1) is 0 Å². The maximum Gasteiger partial charge on any atom is 0.304 e. The van der Waals surface area contributed by atoms with Crippen molar-refractivity contribution in [1.29, 1.82) is 0 Å². The molecular weight excluding hydrogens is 343 g/mol. The molecule has 3 N–H and O–H groups in total. The van der Waals surface area contributed by atoms with Gasteiger partial charge in [-0.3, -0.25) is 20.1 Å². The maximum absolute atomic E-state index is 12.5. The molecule has 0 aliphatic rings. The largest absolute Gasteiger partial charge is 0.481 e. The average Bonchev–Trinajstić information content (AvgIpc) is 2.56. The SMILES string of the molecule is CC[C@@](C)(NCN(O)C(=O)C(CC(=O)O)c1ccccc1)P(C)(C)=O. The molecular formula is C17H27N2O5P. The van der Waals surface area contributed by atoms with Gasteiger partial charge in [0.1, 0.15) is 7.14 Å². The minimum Gasteiger partial charge on any atom is -0.481 e. The van der Waals surface area contributed by atoms with Crippen LogP contribution in [-0.2, 0) is 14.2 Å². The van der Waals surface area contributed by atoms with Gasteiger partial charge in [-0.2, -0.15) is 0 Å². The zero-order valence-corrected chi connectivity index (χ0v) is 16.0. The normalized spacial score (nSPS) is 15.2. The molecule has 0 aliphatic heterocycles. The van der Waals surface area contributed by atoms with Crippen molar-refractivity contribution in [2.45, 2.75) is 37.9 Å². The Balaban J connectivity index is 2.91. The van der Waals surface area contributed by atoms with E-state index in [1.54, 1.807) is 50.6 Å². The summed E-state index contributed by atoms with van der Waals surface area (Å²) in [6, 6.07) is 8.47. The molecule has 0 spiro atoms. The molecule has 0 saturated heterocycles. The van der Waals surface area contributed by atoms with E-state index in [2.05, 4.69) is 5.32 Å². The van der Waals surface area contributed by atoms with Gasteiger partial charge in [-0.05, 0) is 32.2 Å². The minimum atomic E-state index is -2.53. The van der Waals surface area contributed by atoms with Crippen LogP contribution in [0.3, 0.4) is 0 Å². The van der Waals surface area contributed by atoms with Gasteiger partial charge >= 0.3 is 5.97 Å². The van der Waals surface area contributed by atoms with Gasteiger partial charge in [0, 0.05) is 0 Å². The number of hydrogen-bond acceptors (Lipinski definition) is 5. The van der Waals surface area contributed by atoms with Crippen molar-refractivity contribution in [3.63, 3.8) is 0 Å². The second-order valence-corrected chi connectivity index (χ2v) is 10.3. The van der Waals surface area contributed by atoms with Crippen molar-refractivity contribution in [3.05, 3.63) is 35.9 Å². The Morgan fingerprint density at radius 3 is 2.28 bits per heavy atom. The number of nitrogens with one attached hydrogen (secondary N) is 1. The smallest absolute Gasteiger partial charge is 0.304 e. The van der Waals surface area contributed by atoms with Crippen LogP contribution < -0.4 is 5.32 Å². The summed E-state index contributed by atoms with van der Waals surface area (Å²) in [5.41, 5.74) is 0.517. The second-order valence-electron chi connectivity index (χ2n) is 6.61. The number of benzene rings is 1. The Hall–Kier alpha value is -1.69. The quantitative estimate of drug-likeness (QED) is 0.267. The van der Waals surface area contributed by atoms with E-state index in [1.165, 1.54) is 0 Å². The molecule has 0 saturated carbocycles. The molecule has 2 atom stereocenters. The lowest BCUT2D eigenvalue weighted by Crippen LogP contribution is -2.48. The molecule has 0 fully saturated rings. The first-order valence-electron chi connectivity index (χ1n) is 8.09. The van der Waals surface area contributed by atoms with Crippen molar-refractivity contribution >= 4 is 19.0 Å². The summed E-state index contributed by atoms with van der Waals surface area (Å²) >= 11 is 0. The van der Waals surface area contributed by atoms with E-state index in [4.69, 9.17) is 5.11 Å². The van der Waals surface area contributed by atoms with Gasteiger partial charge in [0.2, 0.25) is 0 Å². The lowest BCUT2D eigenvalue weighted by atomic mass is 9.95. The second kappa shape index (κ2) is 8.61. The van der Waals surface area contributed by atoms with E-state index in [1.807, 2.05) is 6.92 Å². The van der Waals surface area contributed by atoms with Crippen molar-refractivity contribution in [2.75, 3.05) is 20.0 Å². The van der Waals surface area contributed by atoms with E-state index in [9.17, 15) is 19.4 Å². The molecule has 0 bridgehead atoms. The zero-order chi connectivity index (χ0) is 19.3.